The number of carbonyl (C=O) groups is 2. The van der Waals surface area contributed by atoms with Crippen molar-refractivity contribution in [1.29, 1.82) is 0 Å². The highest BCUT2D eigenvalue weighted by molar-refractivity contribution is 5.47. The van der Waals surface area contributed by atoms with Gasteiger partial charge >= 0.3 is 0 Å². The summed E-state index contributed by atoms with van der Waals surface area (Å²) in [5.41, 5.74) is 4.03. The Labute approximate surface area is 158 Å². The molecule has 140 valence electrons. The van der Waals surface area contributed by atoms with Crippen LogP contribution in [0.1, 0.15) is 42.4 Å². The molecule has 3 nitrogen and oxygen atoms in total. The van der Waals surface area contributed by atoms with E-state index in [0.29, 0.717) is 6.04 Å². The van der Waals surface area contributed by atoms with Gasteiger partial charge in [0.2, 0.25) is 6.41 Å². The van der Waals surface area contributed by atoms with Gasteiger partial charge in [-0.05, 0) is 51.5 Å². The monoisotopic (exact) mass is 353 g/mol. The van der Waals surface area contributed by atoms with Gasteiger partial charge in [-0.25, -0.2) is 0 Å². The van der Waals surface area contributed by atoms with Crippen molar-refractivity contribution in [2.24, 2.45) is 0 Å². The van der Waals surface area contributed by atoms with Gasteiger partial charge in [-0.3, -0.25) is 4.79 Å². The van der Waals surface area contributed by atoms with Crippen LogP contribution in [0, 0.1) is 13.8 Å². The molecule has 1 unspecified atom stereocenters. The van der Waals surface area contributed by atoms with Crippen LogP contribution in [0.4, 0.5) is 0 Å². The molecule has 0 saturated carbocycles. The molecular formula is C23H31NO2. The van der Waals surface area contributed by atoms with Gasteiger partial charge < -0.3 is 9.69 Å². The molecule has 1 atom stereocenters. The predicted octanol–water partition coefficient (Wildman–Crippen LogP) is 4.75. The van der Waals surface area contributed by atoms with E-state index in [9.17, 15) is 4.79 Å². The molecule has 1 amide bonds. The smallest absolute Gasteiger partial charge is 0.209 e. The third-order valence-corrected chi connectivity index (χ3v) is 4.64. The normalized spacial score (nSPS) is 15.8. The molecule has 2 aromatic rings. The van der Waals surface area contributed by atoms with Crippen molar-refractivity contribution in [3.8, 4) is 0 Å². The zero-order valence-corrected chi connectivity index (χ0v) is 16.1. The fraction of sp³-hybridized carbons (Fsp3) is 0.391. The Morgan fingerprint density at radius 3 is 2.08 bits per heavy atom. The number of rotatable bonds is 4. The third kappa shape index (κ3) is 8.11. The van der Waals surface area contributed by atoms with Crippen molar-refractivity contribution < 1.29 is 9.59 Å². The highest BCUT2D eigenvalue weighted by Gasteiger charge is 2.20. The van der Waals surface area contributed by atoms with Crippen LogP contribution in [0.3, 0.4) is 0 Å². The average molecular weight is 354 g/mol. The molecule has 1 heterocycles. The van der Waals surface area contributed by atoms with Crippen molar-refractivity contribution in [1.82, 2.24) is 4.90 Å². The van der Waals surface area contributed by atoms with Crippen LogP contribution >= 0.6 is 0 Å². The zero-order chi connectivity index (χ0) is 19.2. The van der Waals surface area contributed by atoms with Gasteiger partial charge in [-0.2, -0.15) is 0 Å². The molecular weight excluding hydrogens is 322 g/mol. The van der Waals surface area contributed by atoms with Crippen LogP contribution in [0.25, 0.3) is 0 Å². The lowest BCUT2D eigenvalue weighted by Gasteiger charge is -2.32. The number of likely N-dealkylation sites (tertiary alicyclic amines) is 1. The molecule has 0 aliphatic carbocycles. The Bertz CT molecular complexity index is 589. The Morgan fingerprint density at radius 1 is 0.962 bits per heavy atom. The molecule has 1 saturated heterocycles. The lowest BCUT2D eigenvalue weighted by molar-refractivity contribution is -0.121. The van der Waals surface area contributed by atoms with Gasteiger partial charge in [0.1, 0.15) is 6.79 Å². The second-order valence-electron chi connectivity index (χ2n) is 6.67. The van der Waals surface area contributed by atoms with E-state index in [1.54, 1.807) is 0 Å². The summed E-state index contributed by atoms with van der Waals surface area (Å²) < 4.78 is 0. The minimum atomic E-state index is 0.464. The number of piperidine rings is 1. The second-order valence-corrected chi connectivity index (χ2v) is 6.67. The van der Waals surface area contributed by atoms with E-state index in [1.165, 1.54) is 36.0 Å². The Hall–Kier alpha value is -2.42. The summed E-state index contributed by atoms with van der Waals surface area (Å²) in [4.78, 5) is 20.9. The first kappa shape index (κ1) is 21.6. The first-order chi connectivity index (χ1) is 12.7. The fourth-order valence-corrected chi connectivity index (χ4v) is 3.09. The summed E-state index contributed by atoms with van der Waals surface area (Å²) in [6.45, 7) is 7.14. The molecule has 1 aliphatic heterocycles. The highest BCUT2D eigenvalue weighted by Crippen LogP contribution is 2.19. The Kier molecular flexibility index (Phi) is 10.7. The number of hydrogen-bond acceptors (Lipinski definition) is 2. The second kappa shape index (κ2) is 12.9. The SMILES string of the molecule is C=O.Cc1ccc(C)cc1.O=CN1CCCCC1CCc1ccccc1. The Morgan fingerprint density at radius 2 is 1.54 bits per heavy atom. The predicted molar refractivity (Wildman–Crippen MR) is 108 cm³/mol. The van der Waals surface area contributed by atoms with Crippen molar-refractivity contribution in [3.63, 3.8) is 0 Å². The number of hydrogen-bond donors (Lipinski definition) is 0. The van der Waals surface area contributed by atoms with E-state index in [4.69, 9.17) is 4.79 Å². The van der Waals surface area contributed by atoms with Gasteiger partial charge in [0, 0.05) is 12.6 Å². The maximum atomic E-state index is 10.9. The highest BCUT2D eigenvalue weighted by atomic mass is 16.1. The maximum Gasteiger partial charge on any atom is 0.209 e. The molecule has 26 heavy (non-hydrogen) atoms. The van der Waals surface area contributed by atoms with E-state index in [-0.39, 0.29) is 0 Å². The van der Waals surface area contributed by atoms with Crippen molar-refractivity contribution in [2.75, 3.05) is 6.54 Å². The van der Waals surface area contributed by atoms with E-state index < -0.39 is 0 Å². The molecule has 0 N–H and O–H groups in total. The lowest BCUT2D eigenvalue weighted by Crippen LogP contribution is -2.38. The van der Waals surface area contributed by atoms with Crippen LogP contribution in [0.2, 0.25) is 0 Å². The minimum absolute atomic E-state index is 0.464. The van der Waals surface area contributed by atoms with Gasteiger partial charge in [-0.15, -0.1) is 0 Å². The summed E-state index contributed by atoms with van der Waals surface area (Å²) in [5, 5.41) is 0. The van der Waals surface area contributed by atoms with Crippen molar-refractivity contribution in [3.05, 3.63) is 71.3 Å². The summed E-state index contributed by atoms with van der Waals surface area (Å²) >= 11 is 0. The molecule has 1 aliphatic rings. The molecule has 3 rings (SSSR count). The maximum absolute atomic E-state index is 10.9. The molecule has 0 aromatic heterocycles. The number of nitrogens with zero attached hydrogens (tertiary/aromatic N) is 1. The summed E-state index contributed by atoms with van der Waals surface area (Å²) in [6.07, 6.45) is 6.81. The quantitative estimate of drug-likeness (QED) is 0.744. The fourth-order valence-electron chi connectivity index (χ4n) is 3.09. The standard InChI is InChI=1S/C14H19NO.C8H10.CH2O/c16-12-15-11-5-4-8-14(15)10-9-13-6-2-1-3-7-13;1-7-3-5-8(2)6-4-7;1-2/h1-3,6-7,12,14H,4-5,8-11H2;3-6H,1-2H3;1H2. The van der Waals surface area contributed by atoms with Gasteiger partial charge in [0.15, 0.2) is 0 Å². The van der Waals surface area contributed by atoms with Crippen LogP contribution in [0.15, 0.2) is 54.6 Å². The lowest BCUT2D eigenvalue weighted by atomic mass is 9.96. The topological polar surface area (TPSA) is 37.4 Å². The summed E-state index contributed by atoms with van der Waals surface area (Å²) in [5.74, 6) is 0. The van der Waals surface area contributed by atoms with Gasteiger partial charge in [0.05, 0.1) is 0 Å². The van der Waals surface area contributed by atoms with E-state index in [0.717, 1.165) is 25.8 Å². The average Bonchev–Trinajstić information content (AvgIpc) is 2.71. The van der Waals surface area contributed by atoms with E-state index in [1.807, 2.05) is 17.8 Å². The molecule has 0 spiro atoms. The summed E-state index contributed by atoms with van der Waals surface area (Å²) in [7, 11) is 0. The molecule has 0 radical (unpaired) electrons. The molecule has 2 aromatic carbocycles. The van der Waals surface area contributed by atoms with Crippen LogP contribution in [-0.2, 0) is 16.0 Å². The first-order valence-corrected chi connectivity index (χ1v) is 9.26. The van der Waals surface area contributed by atoms with Gasteiger partial charge in [-0.1, -0.05) is 65.7 Å². The third-order valence-electron chi connectivity index (χ3n) is 4.64. The number of aryl methyl sites for hydroxylation is 3. The van der Waals surface area contributed by atoms with Crippen LogP contribution in [-0.4, -0.2) is 30.7 Å². The summed E-state index contributed by atoms with van der Waals surface area (Å²) in [6, 6.07) is 19.5. The van der Waals surface area contributed by atoms with Crippen molar-refractivity contribution in [2.45, 2.75) is 52.0 Å². The molecule has 0 bridgehead atoms. The van der Waals surface area contributed by atoms with Gasteiger partial charge in [0.25, 0.3) is 0 Å². The Balaban J connectivity index is 0.000000284. The minimum Gasteiger partial charge on any atom is -0.342 e. The molecule has 3 heteroatoms. The van der Waals surface area contributed by atoms with Crippen LogP contribution < -0.4 is 0 Å². The first-order valence-electron chi connectivity index (χ1n) is 9.26. The van der Waals surface area contributed by atoms with Crippen molar-refractivity contribution >= 4 is 13.2 Å². The van der Waals surface area contributed by atoms with E-state index in [2.05, 4.69) is 62.4 Å². The molecule has 1 fully saturated rings. The van der Waals surface area contributed by atoms with E-state index >= 15 is 0 Å². The number of carbonyl (C=O) groups excluding carboxylic acids is 2. The van der Waals surface area contributed by atoms with Crippen LogP contribution in [0.5, 0.6) is 0 Å². The number of amides is 1. The number of benzene rings is 2. The zero-order valence-electron chi connectivity index (χ0n) is 16.1. The largest absolute Gasteiger partial charge is 0.342 e.